The van der Waals surface area contributed by atoms with Gasteiger partial charge in [0.2, 0.25) is 0 Å². The molecule has 6 heteroatoms. The molecule has 0 amide bonds. The first kappa shape index (κ1) is 19.6. The molecule has 0 radical (unpaired) electrons. The smallest absolute Gasteiger partial charge is 0.254 e. The van der Waals surface area contributed by atoms with Gasteiger partial charge < -0.3 is 15.7 Å². The summed E-state index contributed by atoms with van der Waals surface area (Å²) in [6.45, 7) is 6.76. The van der Waals surface area contributed by atoms with Gasteiger partial charge in [-0.15, -0.1) is 0 Å². The highest BCUT2D eigenvalue weighted by Crippen LogP contribution is 2.26. The molecule has 158 valence electrons. The maximum atomic E-state index is 12.7. The Kier molecular flexibility index (Phi) is 4.87. The van der Waals surface area contributed by atoms with Crippen LogP contribution in [0.1, 0.15) is 42.1 Å². The van der Waals surface area contributed by atoms with Gasteiger partial charge in [0.15, 0.2) is 0 Å². The highest BCUT2D eigenvalue weighted by molar-refractivity contribution is 5.83. The predicted molar refractivity (Wildman–Crippen MR) is 125 cm³/mol. The van der Waals surface area contributed by atoms with Gasteiger partial charge in [0.05, 0.1) is 5.69 Å². The van der Waals surface area contributed by atoms with Crippen molar-refractivity contribution >= 4 is 16.6 Å². The molecule has 3 heterocycles. The summed E-state index contributed by atoms with van der Waals surface area (Å²) < 4.78 is 0. The van der Waals surface area contributed by atoms with E-state index in [1.165, 1.54) is 22.0 Å². The van der Waals surface area contributed by atoms with Gasteiger partial charge in [-0.3, -0.25) is 9.69 Å². The third kappa shape index (κ3) is 3.75. The number of fused-ring (bicyclic) bond motifs is 2. The summed E-state index contributed by atoms with van der Waals surface area (Å²) in [5, 5.41) is 1.26. The number of H-pyrrole nitrogens is 2. The molecule has 2 aromatic heterocycles. The van der Waals surface area contributed by atoms with E-state index in [4.69, 9.17) is 10.7 Å². The molecule has 0 atom stereocenters. The average Bonchev–Trinajstić information content (AvgIpc) is 3.16. The maximum Gasteiger partial charge on any atom is 0.254 e. The van der Waals surface area contributed by atoms with Crippen LogP contribution in [0.3, 0.4) is 0 Å². The van der Waals surface area contributed by atoms with Crippen molar-refractivity contribution in [3.05, 3.63) is 81.4 Å². The fraction of sp³-hybridized carbons (Fsp3) is 0.280. The molecule has 4 N–H and O–H groups in total. The van der Waals surface area contributed by atoms with Crippen LogP contribution in [0.25, 0.3) is 22.3 Å². The van der Waals surface area contributed by atoms with Crippen molar-refractivity contribution in [1.82, 2.24) is 19.9 Å². The Morgan fingerprint density at radius 2 is 1.97 bits per heavy atom. The summed E-state index contributed by atoms with van der Waals surface area (Å²) in [5.74, 6) is 1.10. The van der Waals surface area contributed by atoms with Gasteiger partial charge in [0.25, 0.3) is 5.56 Å². The van der Waals surface area contributed by atoms with Crippen LogP contribution < -0.4 is 11.3 Å². The molecule has 1 aliphatic heterocycles. The number of hydrogen-bond acceptors (Lipinski definition) is 4. The molecule has 4 aromatic rings. The van der Waals surface area contributed by atoms with E-state index < -0.39 is 0 Å². The molecule has 0 unspecified atom stereocenters. The Balaban J connectivity index is 1.41. The number of nitrogen functional groups attached to an aromatic ring is 1. The second kappa shape index (κ2) is 7.71. The van der Waals surface area contributed by atoms with E-state index in [0.717, 1.165) is 29.9 Å². The van der Waals surface area contributed by atoms with Crippen LogP contribution in [0.2, 0.25) is 0 Å². The van der Waals surface area contributed by atoms with Gasteiger partial charge in [0.1, 0.15) is 5.82 Å². The number of anilines is 1. The Morgan fingerprint density at radius 1 is 1.16 bits per heavy atom. The minimum atomic E-state index is -0.0372. The van der Waals surface area contributed by atoms with Gasteiger partial charge in [-0.25, -0.2) is 4.98 Å². The topological polar surface area (TPSA) is 90.8 Å². The van der Waals surface area contributed by atoms with E-state index in [-0.39, 0.29) is 5.56 Å². The van der Waals surface area contributed by atoms with Crippen LogP contribution in [0.15, 0.2) is 53.5 Å². The molecule has 0 fully saturated rings. The molecule has 2 aromatic carbocycles. The van der Waals surface area contributed by atoms with Crippen LogP contribution in [0, 0.1) is 0 Å². The summed E-state index contributed by atoms with van der Waals surface area (Å²) >= 11 is 0. The molecule has 31 heavy (non-hydrogen) atoms. The average molecular weight is 414 g/mol. The summed E-state index contributed by atoms with van der Waals surface area (Å²) in [5.41, 5.74) is 12.8. The van der Waals surface area contributed by atoms with Crippen molar-refractivity contribution in [2.24, 2.45) is 0 Å². The molecule has 0 bridgehead atoms. The first-order valence-electron chi connectivity index (χ1n) is 10.8. The van der Waals surface area contributed by atoms with Crippen molar-refractivity contribution in [3.8, 4) is 11.4 Å². The molecular formula is C25H27N5O. The number of rotatable bonds is 4. The Labute approximate surface area is 181 Å². The van der Waals surface area contributed by atoms with Crippen LogP contribution >= 0.6 is 0 Å². The fourth-order valence-corrected chi connectivity index (χ4v) is 4.34. The van der Waals surface area contributed by atoms with Gasteiger partial charge >= 0.3 is 0 Å². The number of aromatic nitrogens is 3. The van der Waals surface area contributed by atoms with Gasteiger partial charge in [0, 0.05) is 53.5 Å². The second-order valence-electron chi connectivity index (χ2n) is 8.70. The standard InChI is InChI=1S/C25H27N5O/c1-15(2)17-5-8-20-18(12-27-22(20)11-17)13-30-10-9-21-23(14-30)28-24(29-25(21)31)16-3-6-19(26)7-4-16/h3-8,11-12,15,27H,9-10,13-14,26H2,1-2H3,(H,28,29,31). The molecular weight excluding hydrogens is 386 g/mol. The lowest BCUT2D eigenvalue weighted by molar-refractivity contribution is 0.241. The molecule has 0 aliphatic carbocycles. The SMILES string of the molecule is CC(C)c1ccc2c(CN3CCc4c(nc(-c5ccc(N)cc5)[nH]c4=O)C3)c[nH]c2c1. The molecule has 6 nitrogen and oxygen atoms in total. The van der Waals surface area contributed by atoms with E-state index >= 15 is 0 Å². The lowest BCUT2D eigenvalue weighted by Crippen LogP contribution is -2.35. The third-order valence-corrected chi connectivity index (χ3v) is 6.19. The quantitative estimate of drug-likeness (QED) is 0.438. The van der Waals surface area contributed by atoms with Crippen molar-refractivity contribution in [2.45, 2.75) is 39.3 Å². The number of nitrogens with zero attached hydrogens (tertiary/aromatic N) is 2. The first-order valence-corrected chi connectivity index (χ1v) is 10.8. The van der Waals surface area contributed by atoms with E-state index in [9.17, 15) is 4.79 Å². The van der Waals surface area contributed by atoms with Crippen LogP contribution in [0.5, 0.6) is 0 Å². The second-order valence-corrected chi connectivity index (χ2v) is 8.70. The first-order chi connectivity index (χ1) is 15.0. The lowest BCUT2D eigenvalue weighted by Gasteiger charge is -2.27. The van der Waals surface area contributed by atoms with Gasteiger partial charge in [-0.1, -0.05) is 26.0 Å². The van der Waals surface area contributed by atoms with E-state index in [0.29, 0.717) is 30.4 Å². The molecule has 5 rings (SSSR count). The molecule has 0 saturated heterocycles. The van der Waals surface area contributed by atoms with E-state index in [1.807, 2.05) is 24.3 Å². The van der Waals surface area contributed by atoms with E-state index in [1.54, 1.807) is 0 Å². The zero-order chi connectivity index (χ0) is 21.5. The predicted octanol–water partition coefficient (Wildman–Crippen LogP) is 4.18. The number of aromatic amines is 2. The number of hydrogen-bond donors (Lipinski definition) is 3. The zero-order valence-corrected chi connectivity index (χ0v) is 17.9. The summed E-state index contributed by atoms with van der Waals surface area (Å²) in [4.78, 5) is 26.2. The Morgan fingerprint density at radius 3 is 2.74 bits per heavy atom. The van der Waals surface area contributed by atoms with Crippen LogP contribution in [0.4, 0.5) is 5.69 Å². The lowest BCUT2D eigenvalue weighted by atomic mass is 10.0. The van der Waals surface area contributed by atoms with Crippen molar-refractivity contribution < 1.29 is 0 Å². The fourth-order valence-electron chi connectivity index (χ4n) is 4.34. The third-order valence-electron chi connectivity index (χ3n) is 6.19. The largest absolute Gasteiger partial charge is 0.399 e. The van der Waals surface area contributed by atoms with Gasteiger partial charge in [-0.2, -0.15) is 0 Å². The van der Waals surface area contributed by atoms with Crippen LogP contribution in [-0.2, 0) is 19.5 Å². The van der Waals surface area contributed by atoms with Gasteiger partial charge in [-0.05, 0) is 53.8 Å². The van der Waals surface area contributed by atoms with Crippen molar-refractivity contribution in [1.29, 1.82) is 0 Å². The normalized spacial score (nSPS) is 14.3. The summed E-state index contributed by atoms with van der Waals surface area (Å²) in [6.07, 6.45) is 2.81. The molecule has 0 spiro atoms. The minimum absolute atomic E-state index is 0.0372. The maximum absolute atomic E-state index is 12.7. The van der Waals surface area contributed by atoms with E-state index in [2.05, 4.69) is 53.1 Å². The highest BCUT2D eigenvalue weighted by atomic mass is 16.1. The number of nitrogens with two attached hydrogens (primary N) is 1. The minimum Gasteiger partial charge on any atom is -0.399 e. The molecule has 1 aliphatic rings. The highest BCUT2D eigenvalue weighted by Gasteiger charge is 2.22. The number of nitrogens with one attached hydrogen (secondary N) is 2. The van der Waals surface area contributed by atoms with Crippen LogP contribution in [-0.4, -0.2) is 26.4 Å². The Bertz CT molecular complexity index is 1300. The Hall–Kier alpha value is -3.38. The zero-order valence-electron chi connectivity index (χ0n) is 17.9. The van der Waals surface area contributed by atoms with Crippen molar-refractivity contribution in [2.75, 3.05) is 12.3 Å². The monoisotopic (exact) mass is 413 g/mol. The van der Waals surface area contributed by atoms with Crippen molar-refractivity contribution in [3.63, 3.8) is 0 Å². The molecule has 0 saturated carbocycles. The summed E-state index contributed by atoms with van der Waals surface area (Å²) in [6, 6.07) is 14.1. The summed E-state index contributed by atoms with van der Waals surface area (Å²) in [7, 11) is 0. The number of benzene rings is 2.